The van der Waals surface area contributed by atoms with Crippen LogP contribution < -0.4 is 20.5 Å². The maximum atomic E-state index is 9.48. The van der Waals surface area contributed by atoms with Crippen molar-refractivity contribution in [1.29, 1.82) is 0 Å². The Labute approximate surface area is 120 Å². The molecule has 1 aliphatic carbocycles. The molecule has 5 heteroatoms. The summed E-state index contributed by atoms with van der Waals surface area (Å²) >= 11 is 0. The van der Waals surface area contributed by atoms with Gasteiger partial charge >= 0.3 is 0 Å². The summed E-state index contributed by atoms with van der Waals surface area (Å²) in [6.07, 6.45) is 4.48. The lowest BCUT2D eigenvalue weighted by atomic mass is 9.85. The van der Waals surface area contributed by atoms with Crippen LogP contribution in [0.25, 0.3) is 0 Å². The number of benzene rings is 1. The number of nitrogen functional groups attached to an aromatic ring is 1. The predicted molar refractivity (Wildman–Crippen MR) is 80.4 cm³/mol. The van der Waals surface area contributed by atoms with Crippen molar-refractivity contribution >= 4 is 11.4 Å². The van der Waals surface area contributed by atoms with Crippen LogP contribution in [0.4, 0.5) is 11.4 Å². The monoisotopic (exact) mass is 280 g/mol. The summed E-state index contributed by atoms with van der Waals surface area (Å²) in [4.78, 5) is 0. The molecule has 0 radical (unpaired) electrons. The van der Waals surface area contributed by atoms with Crippen molar-refractivity contribution in [2.45, 2.75) is 31.7 Å². The van der Waals surface area contributed by atoms with E-state index in [0.717, 1.165) is 18.5 Å². The lowest BCUT2D eigenvalue weighted by Crippen LogP contribution is -2.34. The minimum atomic E-state index is 0.213. The van der Waals surface area contributed by atoms with Crippen LogP contribution in [0.5, 0.6) is 11.5 Å². The van der Waals surface area contributed by atoms with Gasteiger partial charge in [-0.25, -0.2) is 0 Å². The van der Waals surface area contributed by atoms with Crippen LogP contribution >= 0.6 is 0 Å². The fraction of sp³-hybridized carbons (Fsp3) is 0.600. The SMILES string of the molecule is COc1cc(N)c(NC2CCCCC2CO)cc1OC. The molecule has 1 saturated carbocycles. The molecule has 1 aliphatic rings. The first-order valence-electron chi connectivity index (χ1n) is 7.08. The Morgan fingerprint density at radius 2 is 1.85 bits per heavy atom. The average molecular weight is 280 g/mol. The van der Waals surface area contributed by atoms with E-state index in [2.05, 4.69) is 5.32 Å². The van der Waals surface area contributed by atoms with Crippen molar-refractivity contribution < 1.29 is 14.6 Å². The molecule has 4 N–H and O–H groups in total. The Kier molecular flexibility index (Phi) is 4.95. The van der Waals surface area contributed by atoms with Gasteiger partial charge in [0.05, 0.1) is 25.6 Å². The van der Waals surface area contributed by atoms with Crippen molar-refractivity contribution in [3.63, 3.8) is 0 Å². The van der Waals surface area contributed by atoms with Gasteiger partial charge in [-0.05, 0) is 12.8 Å². The fourth-order valence-electron chi connectivity index (χ4n) is 2.84. The van der Waals surface area contributed by atoms with Gasteiger partial charge in [0.25, 0.3) is 0 Å². The molecule has 0 aliphatic heterocycles. The Balaban J connectivity index is 2.19. The molecular weight excluding hydrogens is 256 g/mol. The molecule has 2 unspecified atom stereocenters. The van der Waals surface area contributed by atoms with Gasteiger partial charge in [0.15, 0.2) is 11.5 Å². The van der Waals surface area contributed by atoms with Crippen LogP contribution in [0, 0.1) is 5.92 Å². The Bertz CT molecular complexity index is 451. The minimum Gasteiger partial charge on any atom is -0.493 e. The number of anilines is 2. The molecule has 2 atom stereocenters. The van der Waals surface area contributed by atoms with Crippen molar-refractivity contribution in [3.05, 3.63) is 12.1 Å². The highest BCUT2D eigenvalue weighted by molar-refractivity contribution is 5.72. The van der Waals surface area contributed by atoms with Gasteiger partial charge in [0.1, 0.15) is 0 Å². The van der Waals surface area contributed by atoms with Crippen LogP contribution in [0.1, 0.15) is 25.7 Å². The zero-order valence-corrected chi connectivity index (χ0v) is 12.2. The third-order valence-corrected chi connectivity index (χ3v) is 4.04. The van der Waals surface area contributed by atoms with Gasteiger partial charge in [-0.15, -0.1) is 0 Å². The second-order valence-corrected chi connectivity index (χ2v) is 5.27. The van der Waals surface area contributed by atoms with Gasteiger partial charge in [-0.3, -0.25) is 0 Å². The molecule has 1 aromatic carbocycles. The van der Waals surface area contributed by atoms with Crippen molar-refractivity contribution in [1.82, 2.24) is 0 Å². The molecule has 0 heterocycles. The summed E-state index contributed by atoms with van der Waals surface area (Å²) in [5.74, 6) is 1.56. The summed E-state index contributed by atoms with van der Waals surface area (Å²) in [6, 6.07) is 3.88. The summed E-state index contributed by atoms with van der Waals surface area (Å²) < 4.78 is 10.5. The third kappa shape index (κ3) is 3.10. The van der Waals surface area contributed by atoms with Crippen molar-refractivity contribution in [2.75, 3.05) is 31.9 Å². The van der Waals surface area contributed by atoms with Gasteiger partial charge in [0, 0.05) is 30.7 Å². The number of ether oxygens (including phenoxy) is 2. The molecule has 0 bridgehead atoms. The first-order valence-corrected chi connectivity index (χ1v) is 7.08. The van der Waals surface area contributed by atoms with Crippen molar-refractivity contribution in [2.24, 2.45) is 5.92 Å². The average Bonchev–Trinajstić information content (AvgIpc) is 2.49. The summed E-state index contributed by atoms with van der Waals surface area (Å²) in [7, 11) is 3.20. The van der Waals surface area contributed by atoms with E-state index in [9.17, 15) is 5.11 Å². The molecule has 0 aromatic heterocycles. The standard InChI is InChI=1S/C15H24N2O3/c1-19-14-7-11(16)13(8-15(14)20-2)17-12-6-4-3-5-10(12)9-18/h7-8,10,12,17-18H,3-6,9,16H2,1-2H3. The molecule has 5 nitrogen and oxygen atoms in total. The summed E-state index contributed by atoms with van der Waals surface area (Å²) in [6.45, 7) is 0.213. The van der Waals surface area contributed by atoms with E-state index in [1.165, 1.54) is 12.8 Å². The quantitative estimate of drug-likeness (QED) is 0.721. The predicted octanol–water partition coefficient (Wildman–Crippen LogP) is 2.25. The molecule has 1 fully saturated rings. The Morgan fingerprint density at radius 1 is 1.20 bits per heavy atom. The number of nitrogens with one attached hydrogen (secondary N) is 1. The van der Waals surface area contributed by atoms with E-state index in [4.69, 9.17) is 15.2 Å². The first-order chi connectivity index (χ1) is 9.69. The number of aliphatic hydroxyl groups is 1. The van der Waals surface area contributed by atoms with E-state index in [1.54, 1.807) is 20.3 Å². The number of rotatable bonds is 5. The highest BCUT2D eigenvalue weighted by Gasteiger charge is 2.25. The summed E-state index contributed by atoms with van der Waals surface area (Å²) in [5, 5.41) is 12.9. The first kappa shape index (κ1) is 14.8. The van der Waals surface area contributed by atoms with E-state index < -0.39 is 0 Å². The molecule has 20 heavy (non-hydrogen) atoms. The van der Waals surface area contributed by atoms with Gasteiger partial charge in [0.2, 0.25) is 0 Å². The van der Waals surface area contributed by atoms with Crippen LogP contribution in [-0.2, 0) is 0 Å². The maximum absolute atomic E-state index is 9.48. The van der Waals surface area contributed by atoms with E-state index >= 15 is 0 Å². The Morgan fingerprint density at radius 3 is 2.50 bits per heavy atom. The summed E-state index contributed by atoms with van der Waals surface area (Å²) in [5.41, 5.74) is 7.53. The van der Waals surface area contributed by atoms with Crippen LogP contribution in [0.15, 0.2) is 12.1 Å². The minimum absolute atomic E-state index is 0.213. The molecule has 0 amide bonds. The number of methoxy groups -OCH3 is 2. The highest BCUT2D eigenvalue weighted by atomic mass is 16.5. The second kappa shape index (κ2) is 6.70. The maximum Gasteiger partial charge on any atom is 0.162 e. The molecule has 112 valence electrons. The molecule has 2 rings (SSSR count). The van der Waals surface area contributed by atoms with Crippen LogP contribution in [0.3, 0.4) is 0 Å². The third-order valence-electron chi connectivity index (χ3n) is 4.04. The van der Waals surface area contributed by atoms with Gasteiger partial charge < -0.3 is 25.6 Å². The zero-order chi connectivity index (χ0) is 14.5. The lowest BCUT2D eigenvalue weighted by Gasteiger charge is -2.32. The van der Waals surface area contributed by atoms with Gasteiger partial charge in [-0.2, -0.15) is 0 Å². The molecule has 0 spiro atoms. The van der Waals surface area contributed by atoms with E-state index in [1.807, 2.05) is 6.07 Å². The molecule has 1 aromatic rings. The number of hydrogen-bond acceptors (Lipinski definition) is 5. The molecular formula is C15H24N2O3. The number of hydrogen-bond donors (Lipinski definition) is 3. The molecule has 0 saturated heterocycles. The topological polar surface area (TPSA) is 76.7 Å². The Hall–Kier alpha value is -1.62. The number of aliphatic hydroxyl groups excluding tert-OH is 1. The second-order valence-electron chi connectivity index (χ2n) is 5.27. The van der Waals surface area contributed by atoms with Crippen LogP contribution in [-0.4, -0.2) is 32.0 Å². The highest BCUT2D eigenvalue weighted by Crippen LogP contribution is 2.36. The zero-order valence-electron chi connectivity index (χ0n) is 12.2. The van der Waals surface area contributed by atoms with Crippen molar-refractivity contribution in [3.8, 4) is 11.5 Å². The fourth-order valence-corrected chi connectivity index (χ4v) is 2.84. The van der Waals surface area contributed by atoms with Crippen LogP contribution in [0.2, 0.25) is 0 Å². The normalized spacial score (nSPS) is 22.4. The largest absolute Gasteiger partial charge is 0.493 e. The smallest absolute Gasteiger partial charge is 0.162 e. The van der Waals surface area contributed by atoms with E-state index in [0.29, 0.717) is 17.2 Å². The van der Waals surface area contributed by atoms with E-state index in [-0.39, 0.29) is 18.6 Å². The lowest BCUT2D eigenvalue weighted by molar-refractivity contribution is 0.178. The van der Waals surface area contributed by atoms with Gasteiger partial charge in [-0.1, -0.05) is 12.8 Å². The number of nitrogens with two attached hydrogens (primary N) is 1.